The van der Waals surface area contributed by atoms with Crippen LogP contribution in [-0.2, 0) is 25.5 Å². The molecular weight excluding hydrogens is 590 g/mol. The van der Waals surface area contributed by atoms with Crippen LogP contribution in [0, 0.1) is 5.92 Å². The molecule has 2 unspecified atom stereocenters. The Labute approximate surface area is 270 Å². The first-order valence-electron chi connectivity index (χ1n) is 16.1. The number of hydrogen-bond acceptors (Lipinski definition) is 8. The highest BCUT2D eigenvalue weighted by Gasteiger charge is 2.30. The monoisotopic (exact) mass is 635 g/mol. The molecule has 4 bridgehead atoms. The van der Waals surface area contributed by atoms with Crippen LogP contribution >= 0.6 is 11.8 Å². The van der Waals surface area contributed by atoms with Gasteiger partial charge in [-0.1, -0.05) is 30.8 Å². The SMILES string of the molecule is CC1CC=C2SC=C1C(=O)NC1=CN(C3CCOCC3)C(C)CC=C1C(=O)NCCN(C(=O)CCO)CCCc1cc2ccn1. The van der Waals surface area contributed by atoms with Crippen LogP contribution in [0.25, 0.3) is 4.91 Å². The number of nitrogens with one attached hydrogen (secondary N) is 2. The summed E-state index contributed by atoms with van der Waals surface area (Å²) in [5.41, 5.74) is 3.55. The number of aliphatic hydroxyl groups is 1. The first-order chi connectivity index (χ1) is 21.8. The molecule has 0 aromatic carbocycles. The zero-order valence-corrected chi connectivity index (χ0v) is 27.1. The van der Waals surface area contributed by atoms with Gasteiger partial charge in [0, 0.05) is 79.9 Å². The summed E-state index contributed by atoms with van der Waals surface area (Å²) in [6.45, 7) is 6.39. The normalized spacial score (nSPS) is 24.2. The number of rotatable bonds is 3. The summed E-state index contributed by atoms with van der Waals surface area (Å²) < 4.78 is 5.61. The zero-order valence-electron chi connectivity index (χ0n) is 26.3. The number of carbonyl (C=O) groups is 3. The number of pyridine rings is 1. The second kappa shape index (κ2) is 15.7. The molecule has 1 aromatic rings. The van der Waals surface area contributed by atoms with Gasteiger partial charge in [-0.05, 0) is 74.5 Å². The van der Waals surface area contributed by atoms with Gasteiger partial charge in [-0.15, -0.1) is 0 Å². The zero-order chi connectivity index (χ0) is 31.8. The maximum atomic E-state index is 13.9. The minimum Gasteiger partial charge on any atom is -0.396 e. The Morgan fingerprint density at radius 2 is 1.96 bits per heavy atom. The van der Waals surface area contributed by atoms with Crippen molar-refractivity contribution in [2.45, 2.75) is 70.9 Å². The topological polar surface area (TPSA) is 124 Å². The molecule has 3 N–H and O–H groups in total. The Kier molecular flexibility index (Phi) is 11.5. The van der Waals surface area contributed by atoms with Crippen LogP contribution < -0.4 is 10.6 Å². The van der Waals surface area contributed by atoms with Crippen LogP contribution in [0.2, 0.25) is 0 Å². The number of allylic oxidation sites excluding steroid dienone is 1. The van der Waals surface area contributed by atoms with Gasteiger partial charge >= 0.3 is 0 Å². The van der Waals surface area contributed by atoms with Crippen molar-refractivity contribution >= 4 is 34.4 Å². The van der Waals surface area contributed by atoms with Crippen molar-refractivity contribution in [1.82, 2.24) is 25.4 Å². The van der Waals surface area contributed by atoms with E-state index in [2.05, 4.69) is 46.5 Å². The van der Waals surface area contributed by atoms with Gasteiger partial charge < -0.3 is 30.3 Å². The molecule has 242 valence electrons. The molecule has 11 heteroatoms. The van der Waals surface area contributed by atoms with Crippen molar-refractivity contribution in [2.75, 3.05) is 39.5 Å². The highest BCUT2D eigenvalue weighted by molar-refractivity contribution is 8.11. The summed E-state index contributed by atoms with van der Waals surface area (Å²) in [7, 11) is 0. The molecule has 1 fully saturated rings. The highest BCUT2D eigenvalue weighted by atomic mass is 32.2. The van der Waals surface area contributed by atoms with Crippen LogP contribution in [0.5, 0.6) is 0 Å². The minimum absolute atomic E-state index is 0.0116. The molecule has 4 aliphatic heterocycles. The largest absolute Gasteiger partial charge is 0.396 e. The Hall–Kier alpha value is -3.41. The average molecular weight is 636 g/mol. The molecular formula is C34H45N5O5S. The van der Waals surface area contributed by atoms with Crippen LogP contribution in [-0.4, -0.2) is 89.2 Å². The fourth-order valence-corrected chi connectivity index (χ4v) is 7.27. The number of aryl methyl sites for hydroxylation is 1. The molecule has 0 saturated carbocycles. The Balaban J connectivity index is 1.49. The van der Waals surface area contributed by atoms with Crippen molar-refractivity contribution in [3.8, 4) is 0 Å². The predicted octanol–water partition coefficient (Wildman–Crippen LogP) is 3.51. The average Bonchev–Trinajstić information content (AvgIpc) is 3.33. The smallest absolute Gasteiger partial charge is 0.253 e. The minimum atomic E-state index is -0.295. The van der Waals surface area contributed by atoms with Crippen LogP contribution in [0.3, 0.4) is 0 Å². The third kappa shape index (κ3) is 8.45. The summed E-state index contributed by atoms with van der Waals surface area (Å²) in [6.07, 6.45) is 12.4. The third-order valence-electron chi connectivity index (χ3n) is 8.92. The lowest BCUT2D eigenvalue weighted by Crippen LogP contribution is -2.42. The molecule has 1 saturated heterocycles. The second-order valence-corrected chi connectivity index (χ2v) is 13.0. The van der Waals surface area contributed by atoms with Crippen LogP contribution in [0.15, 0.2) is 58.9 Å². The van der Waals surface area contributed by atoms with E-state index in [1.54, 1.807) is 4.90 Å². The van der Waals surface area contributed by atoms with Crippen LogP contribution in [0.1, 0.15) is 63.6 Å². The Morgan fingerprint density at radius 3 is 2.76 bits per heavy atom. The molecule has 45 heavy (non-hydrogen) atoms. The lowest BCUT2D eigenvalue weighted by molar-refractivity contribution is -0.132. The lowest BCUT2D eigenvalue weighted by atomic mass is 9.97. The quantitative estimate of drug-likeness (QED) is 0.461. The Morgan fingerprint density at radius 1 is 1.13 bits per heavy atom. The number of hydrogen-bond donors (Lipinski definition) is 3. The first kappa shape index (κ1) is 33.0. The molecule has 5 rings (SSSR count). The van der Waals surface area contributed by atoms with Gasteiger partial charge in [0.25, 0.3) is 11.8 Å². The maximum Gasteiger partial charge on any atom is 0.253 e. The number of aliphatic hydroxyl groups excluding tert-OH is 1. The van der Waals surface area contributed by atoms with E-state index in [1.165, 1.54) is 11.8 Å². The lowest BCUT2D eigenvalue weighted by Gasteiger charge is -2.37. The van der Waals surface area contributed by atoms with Crippen molar-refractivity contribution in [3.05, 3.63) is 70.2 Å². The number of aromatic nitrogens is 1. The van der Waals surface area contributed by atoms with Gasteiger partial charge in [0.15, 0.2) is 0 Å². The van der Waals surface area contributed by atoms with E-state index in [0.717, 1.165) is 29.0 Å². The van der Waals surface area contributed by atoms with Gasteiger partial charge in [-0.2, -0.15) is 0 Å². The molecule has 3 amide bonds. The summed E-state index contributed by atoms with van der Waals surface area (Å²) in [5, 5.41) is 17.5. The highest BCUT2D eigenvalue weighted by Crippen LogP contribution is 2.36. The van der Waals surface area contributed by atoms with E-state index in [-0.39, 0.29) is 55.3 Å². The number of amides is 3. The number of nitrogens with zero attached hydrogens (tertiary/aromatic N) is 3. The number of carbonyl (C=O) groups excluding carboxylic acids is 3. The molecule has 2 atom stereocenters. The first-order valence-corrected chi connectivity index (χ1v) is 17.0. The fourth-order valence-electron chi connectivity index (χ4n) is 6.22. The molecule has 5 heterocycles. The standard InChI is InChI=1S/C34H45N5O5S/c1-23-5-8-31-25-9-13-35-26(20-25)4-3-15-38(32(41)10-17-40)16-14-36-33(42)28-7-6-24(2)39(27-11-18-44-19-12-27)21-30(28)37-34(43)29(23)22-45-31/h7-9,13,20-24,27,40H,3-6,10-12,14-19H2,1-2H3,(H,36,42)(H,37,43). The fraction of sp³-hybridized carbons (Fsp3) is 0.529. The van der Waals surface area contributed by atoms with Gasteiger partial charge in [-0.3, -0.25) is 19.4 Å². The van der Waals surface area contributed by atoms with Gasteiger partial charge in [0.2, 0.25) is 5.91 Å². The number of fused-ring (bicyclic) bond motifs is 6. The van der Waals surface area contributed by atoms with E-state index in [1.807, 2.05) is 29.9 Å². The van der Waals surface area contributed by atoms with E-state index < -0.39 is 0 Å². The third-order valence-corrected chi connectivity index (χ3v) is 9.94. The van der Waals surface area contributed by atoms with Gasteiger partial charge in [0.1, 0.15) is 0 Å². The maximum absolute atomic E-state index is 13.9. The van der Waals surface area contributed by atoms with Crippen LogP contribution in [0.4, 0.5) is 0 Å². The number of ether oxygens (including phenoxy) is 1. The summed E-state index contributed by atoms with van der Waals surface area (Å²) in [6, 6.07) is 4.45. The van der Waals surface area contributed by atoms with E-state index in [0.29, 0.717) is 68.8 Å². The number of thioether (sulfide) groups is 1. The molecule has 0 radical (unpaired) electrons. The summed E-state index contributed by atoms with van der Waals surface area (Å²) in [4.78, 5) is 50.1. The van der Waals surface area contributed by atoms with E-state index in [4.69, 9.17) is 4.74 Å². The molecule has 1 aromatic heterocycles. The van der Waals surface area contributed by atoms with E-state index >= 15 is 0 Å². The van der Waals surface area contributed by atoms with E-state index in [9.17, 15) is 19.5 Å². The predicted molar refractivity (Wildman–Crippen MR) is 175 cm³/mol. The molecule has 0 spiro atoms. The Bertz CT molecular complexity index is 1380. The summed E-state index contributed by atoms with van der Waals surface area (Å²) >= 11 is 1.53. The summed E-state index contributed by atoms with van der Waals surface area (Å²) in [5.74, 6) is -0.678. The van der Waals surface area contributed by atoms with Gasteiger partial charge in [-0.25, -0.2) is 0 Å². The van der Waals surface area contributed by atoms with Crippen molar-refractivity contribution in [1.29, 1.82) is 0 Å². The van der Waals surface area contributed by atoms with Crippen molar-refractivity contribution in [3.63, 3.8) is 0 Å². The molecule has 0 aliphatic carbocycles. The van der Waals surface area contributed by atoms with Crippen molar-refractivity contribution in [2.24, 2.45) is 5.92 Å². The molecule has 10 nitrogen and oxygen atoms in total. The van der Waals surface area contributed by atoms with Gasteiger partial charge in [0.05, 0.1) is 17.9 Å². The van der Waals surface area contributed by atoms with Crippen molar-refractivity contribution < 1.29 is 24.2 Å². The molecule has 4 aliphatic rings. The second-order valence-electron chi connectivity index (χ2n) is 12.1.